The fourth-order valence-corrected chi connectivity index (χ4v) is 2.28. The highest BCUT2D eigenvalue weighted by Gasteiger charge is 2.28. The second kappa shape index (κ2) is 5.36. The number of aliphatic hydroxyl groups excluding tert-OH is 1. The average molecular weight is 264 g/mol. The molecule has 2 N–H and O–H groups in total. The summed E-state index contributed by atoms with van der Waals surface area (Å²) in [4.78, 5) is 22.4. The number of rotatable bonds is 4. The molecular formula is C13H16N2O4. The monoisotopic (exact) mass is 264 g/mol. The Morgan fingerprint density at radius 2 is 2.21 bits per heavy atom. The van der Waals surface area contributed by atoms with E-state index in [0.717, 1.165) is 0 Å². The summed E-state index contributed by atoms with van der Waals surface area (Å²) in [5.41, 5.74) is 0.412. The van der Waals surface area contributed by atoms with Gasteiger partial charge < -0.3 is 10.4 Å². The molecule has 0 spiro atoms. The number of amides is 1. The van der Waals surface area contributed by atoms with Gasteiger partial charge in [-0.3, -0.25) is 14.9 Å². The molecule has 0 unspecified atom stereocenters. The van der Waals surface area contributed by atoms with Crippen LogP contribution in [0.5, 0.6) is 0 Å². The van der Waals surface area contributed by atoms with Gasteiger partial charge in [0.25, 0.3) is 11.6 Å². The van der Waals surface area contributed by atoms with Gasteiger partial charge in [0, 0.05) is 12.1 Å². The van der Waals surface area contributed by atoms with Crippen LogP contribution in [-0.2, 0) is 0 Å². The standard InChI is InChI=1S/C13H16N2O4/c1-8-3-2-4-11(12(8)15(18)19)13(17)14-7-9-5-10(16)6-9/h2-4,9-10,16H,5-7H2,1H3,(H,14,17). The maximum atomic E-state index is 12.0. The number of aryl methyl sites for hydroxylation is 1. The normalized spacial score (nSPS) is 21.6. The van der Waals surface area contributed by atoms with Crippen LogP contribution in [0, 0.1) is 23.0 Å². The Bertz CT molecular complexity index is 509. The van der Waals surface area contributed by atoms with Crippen molar-refractivity contribution in [3.63, 3.8) is 0 Å². The van der Waals surface area contributed by atoms with E-state index in [1.54, 1.807) is 19.1 Å². The number of carbonyl (C=O) groups is 1. The van der Waals surface area contributed by atoms with E-state index < -0.39 is 10.8 Å². The average Bonchev–Trinajstić information content (AvgIpc) is 2.32. The van der Waals surface area contributed by atoms with E-state index >= 15 is 0 Å². The van der Waals surface area contributed by atoms with Crippen molar-refractivity contribution >= 4 is 11.6 Å². The third-order valence-corrected chi connectivity index (χ3v) is 3.43. The Labute approximate surface area is 110 Å². The minimum atomic E-state index is -0.530. The molecule has 102 valence electrons. The summed E-state index contributed by atoms with van der Waals surface area (Å²) < 4.78 is 0. The molecule has 1 saturated carbocycles. The largest absolute Gasteiger partial charge is 0.393 e. The van der Waals surface area contributed by atoms with Crippen molar-refractivity contribution in [1.29, 1.82) is 0 Å². The first kappa shape index (κ1) is 13.5. The zero-order valence-corrected chi connectivity index (χ0v) is 10.6. The minimum absolute atomic E-state index is 0.0878. The molecule has 0 atom stereocenters. The van der Waals surface area contributed by atoms with Crippen molar-refractivity contribution < 1.29 is 14.8 Å². The molecule has 6 heteroatoms. The van der Waals surface area contributed by atoms with Crippen LogP contribution in [0.4, 0.5) is 5.69 Å². The number of nitro benzene ring substituents is 1. The number of nitrogens with one attached hydrogen (secondary N) is 1. The molecule has 0 aromatic heterocycles. The summed E-state index contributed by atoms with van der Waals surface area (Å²) in [6.45, 7) is 2.05. The summed E-state index contributed by atoms with van der Waals surface area (Å²) in [5, 5.41) is 22.8. The minimum Gasteiger partial charge on any atom is -0.393 e. The second-order valence-electron chi connectivity index (χ2n) is 4.93. The molecule has 0 heterocycles. The van der Waals surface area contributed by atoms with E-state index in [9.17, 15) is 14.9 Å². The van der Waals surface area contributed by atoms with Crippen molar-refractivity contribution in [1.82, 2.24) is 5.32 Å². The highest BCUT2D eigenvalue weighted by molar-refractivity contribution is 5.98. The maximum absolute atomic E-state index is 12.0. The van der Waals surface area contributed by atoms with Crippen molar-refractivity contribution in [2.75, 3.05) is 6.54 Å². The molecule has 0 bridgehead atoms. The van der Waals surface area contributed by atoms with Crippen LogP contribution in [0.3, 0.4) is 0 Å². The van der Waals surface area contributed by atoms with Crippen LogP contribution in [0.1, 0.15) is 28.8 Å². The first-order valence-electron chi connectivity index (χ1n) is 6.19. The lowest BCUT2D eigenvalue weighted by atomic mass is 9.82. The molecule has 1 aliphatic carbocycles. The number of aliphatic hydroxyl groups is 1. The summed E-state index contributed by atoms with van der Waals surface area (Å²) in [5.74, 6) is -0.167. The van der Waals surface area contributed by atoms with Gasteiger partial charge in [-0.1, -0.05) is 12.1 Å². The lowest BCUT2D eigenvalue weighted by Gasteiger charge is -2.31. The van der Waals surface area contributed by atoms with Crippen LogP contribution < -0.4 is 5.32 Å². The molecule has 2 rings (SSSR count). The quantitative estimate of drug-likeness (QED) is 0.635. The van der Waals surface area contributed by atoms with Gasteiger partial charge in [-0.2, -0.15) is 0 Å². The molecule has 1 aliphatic rings. The number of nitrogens with zero attached hydrogens (tertiary/aromatic N) is 1. The van der Waals surface area contributed by atoms with Crippen LogP contribution >= 0.6 is 0 Å². The van der Waals surface area contributed by atoms with Gasteiger partial charge in [-0.05, 0) is 31.7 Å². The Kier molecular flexibility index (Phi) is 3.80. The lowest BCUT2D eigenvalue weighted by Crippen LogP contribution is -2.38. The molecule has 1 aromatic rings. The lowest BCUT2D eigenvalue weighted by molar-refractivity contribution is -0.385. The zero-order chi connectivity index (χ0) is 14.0. The Balaban J connectivity index is 2.06. The summed E-state index contributed by atoms with van der Waals surface area (Å²) in [6, 6.07) is 4.69. The van der Waals surface area contributed by atoms with Crippen LogP contribution in [0.15, 0.2) is 18.2 Å². The SMILES string of the molecule is Cc1cccc(C(=O)NCC2CC(O)C2)c1[N+](=O)[O-]. The molecule has 1 fully saturated rings. The third-order valence-electron chi connectivity index (χ3n) is 3.43. The van der Waals surface area contributed by atoms with Gasteiger partial charge in [-0.25, -0.2) is 0 Å². The fourth-order valence-electron chi connectivity index (χ4n) is 2.28. The summed E-state index contributed by atoms with van der Waals surface area (Å²) in [6.07, 6.45) is 1.09. The molecule has 19 heavy (non-hydrogen) atoms. The van der Waals surface area contributed by atoms with Gasteiger partial charge in [0.2, 0.25) is 0 Å². The first-order chi connectivity index (χ1) is 8.99. The van der Waals surface area contributed by atoms with Gasteiger partial charge in [0.05, 0.1) is 11.0 Å². The highest BCUT2D eigenvalue weighted by atomic mass is 16.6. The topological polar surface area (TPSA) is 92.5 Å². The highest BCUT2D eigenvalue weighted by Crippen LogP contribution is 2.27. The van der Waals surface area contributed by atoms with Crippen molar-refractivity contribution in [2.24, 2.45) is 5.92 Å². The van der Waals surface area contributed by atoms with Gasteiger partial charge in [0.1, 0.15) is 5.56 Å². The van der Waals surface area contributed by atoms with E-state index in [2.05, 4.69) is 5.32 Å². The Hall–Kier alpha value is -1.95. The number of para-hydroxylation sites is 1. The number of carbonyl (C=O) groups excluding carboxylic acids is 1. The van der Waals surface area contributed by atoms with Crippen molar-refractivity contribution in [3.05, 3.63) is 39.4 Å². The van der Waals surface area contributed by atoms with E-state index in [1.165, 1.54) is 6.07 Å². The smallest absolute Gasteiger partial charge is 0.285 e. The predicted molar refractivity (Wildman–Crippen MR) is 68.9 cm³/mol. The maximum Gasteiger partial charge on any atom is 0.285 e. The van der Waals surface area contributed by atoms with E-state index in [4.69, 9.17) is 5.11 Å². The number of hydrogen-bond acceptors (Lipinski definition) is 4. The molecule has 1 aromatic carbocycles. The van der Waals surface area contributed by atoms with E-state index in [-0.39, 0.29) is 23.3 Å². The molecule has 1 amide bonds. The van der Waals surface area contributed by atoms with Crippen molar-refractivity contribution in [3.8, 4) is 0 Å². The van der Waals surface area contributed by atoms with Crippen LogP contribution in [0.25, 0.3) is 0 Å². The van der Waals surface area contributed by atoms with Crippen molar-refractivity contribution in [2.45, 2.75) is 25.9 Å². The Morgan fingerprint density at radius 1 is 1.53 bits per heavy atom. The van der Waals surface area contributed by atoms with Crippen LogP contribution in [0.2, 0.25) is 0 Å². The molecule has 0 radical (unpaired) electrons. The van der Waals surface area contributed by atoms with Gasteiger partial charge in [0.15, 0.2) is 0 Å². The summed E-state index contributed by atoms with van der Waals surface area (Å²) in [7, 11) is 0. The third kappa shape index (κ3) is 2.90. The zero-order valence-electron chi connectivity index (χ0n) is 10.6. The van der Waals surface area contributed by atoms with E-state index in [0.29, 0.717) is 24.9 Å². The molecule has 0 aliphatic heterocycles. The first-order valence-corrected chi connectivity index (χ1v) is 6.19. The molecule has 6 nitrogen and oxygen atoms in total. The molecule has 0 saturated heterocycles. The number of hydrogen-bond donors (Lipinski definition) is 2. The summed E-state index contributed by atoms with van der Waals surface area (Å²) >= 11 is 0. The van der Waals surface area contributed by atoms with Gasteiger partial charge >= 0.3 is 0 Å². The number of nitro groups is 1. The van der Waals surface area contributed by atoms with Crippen LogP contribution in [-0.4, -0.2) is 28.6 Å². The molecular weight excluding hydrogens is 248 g/mol. The predicted octanol–water partition coefficient (Wildman–Crippen LogP) is 1.40. The van der Waals surface area contributed by atoms with Gasteiger partial charge in [-0.15, -0.1) is 0 Å². The number of benzene rings is 1. The second-order valence-corrected chi connectivity index (χ2v) is 4.93. The Morgan fingerprint density at radius 3 is 2.79 bits per heavy atom. The van der Waals surface area contributed by atoms with E-state index in [1.807, 2.05) is 0 Å². The fraction of sp³-hybridized carbons (Fsp3) is 0.462.